The summed E-state index contributed by atoms with van der Waals surface area (Å²) in [5.41, 5.74) is 7.02. The van der Waals surface area contributed by atoms with E-state index in [0.717, 1.165) is 0 Å². The van der Waals surface area contributed by atoms with Crippen LogP contribution in [0.25, 0.3) is 0 Å². The van der Waals surface area contributed by atoms with Gasteiger partial charge in [0.1, 0.15) is 5.15 Å². The van der Waals surface area contributed by atoms with Gasteiger partial charge in [0.05, 0.1) is 10.7 Å². The third-order valence-electron chi connectivity index (χ3n) is 2.25. The number of halogens is 2. The van der Waals surface area contributed by atoms with Crippen LogP contribution in [0, 0.1) is 0 Å². The molecule has 1 aromatic heterocycles. The number of nitrogens with zero attached hydrogens (tertiary/aromatic N) is 1. The molecule has 1 amide bonds. The van der Waals surface area contributed by atoms with Crippen molar-refractivity contribution in [2.75, 3.05) is 11.1 Å². The molecule has 2 rings (SSSR count). The van der Waals surface area contributed by atoms with E-state index < -0.39 is 0 Å². The van der Waals surface area contributed by atoms with Crippen LogP contribution in [0.2, 0.25) is 10.2 Å². The number of hydrogen-bond acceptors (Lipinski definition) is 3. The lowest BCUT2D eigenvalue weighted by atomic mass is 10.2. The van der Waals surface area contributed by atoms with Crippen LogP contribution in [0.3, 0.4) is 0 Å². The SMILES string of the molecule is Nc1ccc(NC(=O)c2ccnc(Cl)c2)cc1Cl. The topological polar surface area (TPSA) is 68.0 Å². The Labute approximate surface area is 114 Å². The van der Waals surface area contributed by atoms with Gasteiger partial charge in [0.25, 0.3) is 5.91 Å². The van der Waals surface area contributed by atoms with Crippen molar-refractivity contribution in [2.45, 2.75) is 0 Å². The molecule has 0 saturated carbocycles. The molecule has 0 radical (unpaired) electrons. The first-order chi connectivity index (χ1) is 8.56. The number of benzene rings is 1. The highest BCUT2D eigenvalue weighted by Crippen LogP contribution is 2.23. The van der Waals surface area contributed by atoms with E-state index in [4.69, 9.17) is 28.9 Å². The highest BCUT2D eigenvalue weighted by atomic mass is 35.5. The molecular weight excluding hydrogens is 273 g/mol. The number of rotatable bonds is 2. The van der Waals surface area contributed by atoms with E-state index in [1.807, 2.05) is 0 Å². The molecule has 0 aliphatic carbocycles. The molecule has 0 aliphatic rings. The Morgan fingerprint density at radius 1 is 1.22 bits per heavy atom. The number of nitrogens with two attached hydrogens (primary N) is 1. The largest absolute Gasteiger partial charge is 0.398 e. The maximum absolute atomic E-state index is 11.9. The summed E-state index contributed by atoms with van der Waals surface area (Å²) in [5.74, 6) is -0.292. The number of anilines is 2. The summed E-state index contributed by atoms with van der Waals surface area (Å²) in [6.45, 7) is 0. The Kier molecular flexibility index (Phi) is 3.69. The molecule has 0 saturated heterocycles. The second-order valence-corrected chi connectivity index (χ2v) is 4.35. The molecular formula is C12H9Cl2N3O. The van der Waals surface area contributed by atoms with Crippen LogP contribution in [0.5, 0.6) is 0 Å². The zero-order valence-corrected chi connectivity index (χ0v) is 10.7. The van der Waals surface area contributed by atoms with Crippen LogP contribution in [0.1, 0.15) is 10.4 Å². The zero-order chi connectivity index (χ0) is 13.1. The van der Waals surface area contributed by atoms with Crippen LogP contribution in [-0.2, 0) is 0 Å². The van der Waals surface area contributed by atoms with Crippen molar-refractivity contribution in [2.24, 2.45) is 0 Å². The lowest BCUT2D eigenvalue weighted by molar-refractivity contribution is 0.102. The molecule has 1 heterocycles. The monoisotopic (exact) mass is 281 g/mol. The fourth-order valence-corrected chi connectivity index (χ4v) is 1.71. The van der Waals surface area contributed by atoms with Crippen LogP contribution < -0.4 is 11.1 Å². The van der Waals surface area contributed by atoms with Gasteiger partial charge < -0.3 is 11.1 Å². The average molecular weight is 282 g/mol. The second-order valence-electron chi connectivity index (χ2n) is 3.56. The van der Waals surface area contributed by atoms with Crippen LogP contribution in [-0.4, -0.2) is 10.9 Å². The van der Waals surface area contributed by atoms with Gasteiger partial charge in [0.15, 0.2) is 0 Å². The van der Waals surface area contributed by atoms with Crippen molar-refractivity contribution in [3.63, 3.8) is 0 Å². The fraction of sp³-hybridized carbons (Fsp3) is 0. The summed E-state index contributed by atoms with van der Waals surface area (Å²) in [6.07, 6.45) is 1.47. The quantitative estimate of drug-likeness (QED) is 0.656. The Morgan fingerprint density at radius 2 is 2.00 bits per heavy atom. The Balaban J connectivity index is 2.18. The summed E-state index contributed by atoms with van der Waals surface area (Å²) in [5, 5.41) is 3.34. The van der Waals surface area contributed by atoms with Gasteiger partial charge in [-0.2, -0.15) is 0 Å². The Hall–Kier alpha value is -1.78. The summed E-state index contributed by atoms with van der Waals surface area (Å²) in [7, 11) is 0. The van der Waals surface area contributed by atoms with Gasteiger partial charge in [0, 0.05) is 17.4 Å². The van der Waals surface area contributed by atoms with E-state index >= 15 is 0 Å². The van der Waals surface area contributed by atoms with Gasteiger partial charge >= 0.3 is 0 Å². The van der Waals surface area contributed by atoms with Crippen LogP contribution in [0.4, 0.5) is 11.4 Å². The first kappa shape index (κ1) is 12.7. The highest BCUT2D eigenvalue weighted by Gasteiger charge is 2.07. The summed E-state index contributed by atoms with van der Waals surface area (Å²) < 4.78 is 0. The van der Waals surface area contributed by atoms with E-state index in [2.05, 4.69) is 10.3 Å². The maximum atomic E-state index is 11.9. The molecule has 3 N–H and O–H groups in total. The molecule has 0 unspecified atom stereocenters. The Bertz CT molecular complexity index is 602. The lowest BCUT2D eigenvalue weighted by Gasteiger charge is -2.06. The third-order valence-corrected chi connectivity index (χ3v) is 2.78. The van der Waals surface area contributed by atoms with Crippen molar-refractivity contribution >= 4 is 40.5 Å². The molecule has 6 heteroatoms. The molecule has 2 aromatic rings. The van der Waals surface area contributed by atoms with Crippen LogP contribution in [0.15, 0.2) is 36.5 Å². The van der Waals surface area contributed by atoms with E-state index in [9.17, 15) is 4.79 Å². The van der Waals surface area contributed by atoms with E-state index in [1.54, 1.807) is 24.3 Å². The van der Waals surface area contributed by atoms with E-state index in [-0.39, 0.29) is 11.1 Å². The molecule has 0 bridgehead atoms. The fourth-order valence-electron chi connectivity index (χ4n) is 1.35. The third kappa shape index (κ3) is 2.91. The van der Waals surface area contributed by atoms with Crippen LogP contribution >= 0.6 is 23.2 Å². The molecule has 92 valence electrons. The molecule has 1 aromatic carbocycles. The predicted molar refractivity (Wildman–Crippen MR) is 73.1 cm³/mol. The minimum absolute atomic E-state index is 0.262. The maximum Gasteiger partial charge on any atom is 0.255 e. The van der Waals surface area contributed by atoms with Gasteiger partial charge in [-0.3, -0.25) is 4.79 Å². The highest BCUT2D eigenvalue weighted by molar-refractivity contribution is 6.33. The van der Waals surface area contributed by atoms with Gasteiger partial charge in [-0.05, 0) is 30.3 Å². The predicted octanol–water partition coefficient (Wildman–Crippen LogP) is 3.22. The number of nitrogen functional groups attached to an aromatic ring is 1. The Morgan fingerprint density at radius 3 is 2.67 bits per heavy atom. The molecule has 18 heavy (non-hydrogen) atoms. The number of aromatic nitrogens is 1. The van der Waals surface area contributed by atoms with Crippen molar-refractivity contribution in [1.29, 1.82) is 0 Å². The number of amides is 1. The summed E-state index contributed by atoms with van der Waals surface area (Å²) >= 11 is 11.6. The minimum Gasteiger partial charge on any atom is -0.398 e. The number of pyridine rings is 1. The van der Waals surface area contributed by atoms with Crippen molar-refractivity contribution in [3.8, 4) is 0 Å². The smallest absolute Gasteiger partial charge is 0.255 e. The molecule has 4 nitrogen and oxygen atoms in total. The average Bonchev–Trinajstić information content (AvgIpc) is 2.34. The molecule has 0 atom stereocenters. The van der Waals surface area contributed by atoms with Gasteiger partial charge in [-0.25, -0.2) is 4.98 Å². The standard InChI is InChI=1S/C12H9Cl2N3O/c13-9-6-8(1-2-10(9)15)17-12(18)7-3-4-16-11(14)5-7/h1-6H,15H2,(H,17,18). The van der Waals surface area contributed by atoms with Crippen molar-refractivity contribution in [3.05, 3.63) is 52.3 Å². The second kappa shape index (κ2) is 5.25. The first-order valence-corrected chi connectivity index (χ1v) is 5.80. The lowest BCUT2D eigenvalue weighted by Crippen LogP contribution is -2.12. The zero-order valence-electron chi connectivity index (χ0n) is 9.15. The number of carbonyl (C=O) groups is 1. The van der Waals surface area contributed by atoms with Gasteiger partial charge in [-0.15, -0.1) is 0 Å². The van der Waals surface area contributed by atoms with E-state index in [0.29, 0.717) is 22.0 Å². The van der Waals surface area contributed by atoms with Crippen molar-refractivity contribution < 1.29 is 4.79 Å². The van der Waals surface area contributed by atoms with Crippen molar-refractivity contribution in [1.82, 2.24) is 4.98 Å². The van der Waals surface area contributed by atoms with Gasteiger partial charge in [-0.1, -0.05) is 23.2 Å². The van der Waals surface area contributed by atoms with Gasteiger partial charge in [0.2, 0.25) is 0 Å². The normalized spacial score (nSPS) is 10.1. The summed E-state index contributed by atoms with van der Waals surface area (Å²) in [6, 6.07) is 7.92. The molecule has 0 spiro atoms. The first-order valence-electron chi connectivity index (χ1n) is 5.04. The number of carbonyl (C=O) groups excluding carboxylic acids is 1. The van der Waals surface area contributed by atoms with E-state index in [1.165, 1.54) is 12.3 Å². The number of nitrogens with one attached hydrogen (secondary N) is 1. The minimum atomic E-state index is -0.292. The summed E-state index contributed by atoms with van der Waals surface area (Å²) in [4.78, 5) is 15.7. The number of hydrogen-bond donors (Lipinski definition) is 2. The molecule has 0 fully saturated rings. The molecule has 0 aliphatic heterocycles.